The van der Waals surface area contributed by atoms with Gasteiger partial charge in [0.1, 0.15) is 18.7 Å². The molecule has 1 aromatic rings. The van der Waals surface area contributed by atoms with Crippen LogP contribution in [0.2, 0.25) is 0 Å². The van der Waals surface area contributed by atoms with Crippen LogP contribution >= 0.6 is 0 Å². The van der Waals surface area contributed by atoms with Gasteiger partial charge in [0, 0.05) is 13.0 Å². The van der Waals surface area contributed by atoms with E-state index < -0.39 is 24.1 Å². The summed E-state index contributed by atoms with van der Waals surface area (Å²) in [6, 6.07) is 8.16. The molecule has 0 aromatic heterocycles. The molecule has 2 amide bonds. The van der Waals surface area contributed by atoms with Crippen molar-refractivity contribution in [2.45, 2.75) is 38.0 Å². The molecular weight excluding hydrogens is 312 g/mol. The summed E-state index contributed by atoms with van der Waals surface area (Å²) in [7, 11) is 0. The number of benzene rings is 1. The zero-order valence-electron chi connectivity index (χ0n) is 13.3. The number of carbonyl (C=O) groups is 3. The van der Waals surface area contributed by atoms with Crippen LogP contribution in [0, 0.1) is 0 Å². The lowest BCUT2D eigenvalue weighted by Crippen LogP contribution is -2.50. The number of hydrogen-bond donors (Lipinski definition) is 1. The van der Waals surface area contributed by atoms with Gasteiger partial charge in [-0.1, -0.05) is 30.3 Å². The maximum Gasteiger partial charge on any atom is 0.410 e. The van der Waals surface area contributed by atoms with Crippen molar-refractivity contribution in [2.75, 3.05) is 13.2 Å². The van der Waals surface area contributed by atoms with Crippen molar-refractivity contribution >= 4 is 18.0 Å². The Labute approximate surface area is 139 Å². The number of ether oxygens (including phenoxy) is 2. The van der Waals surface area contributed by atoms with Crippen molar-refractivity contribution < 1.29 is 23.9 Å². The number of rotatable bonds is 4. The normalized spacial score (nSPS) is 23.0. The molecule has 0 unspecified atom stereocenters. The molecule has 0 radical (unpaired) electrons. The standard InChI is InChI=1S/C17H20N2O5/c20-15(18-13-8-10-23-16(13)21)14-7-4-9-19(14)17(22)24-11-12-5-2-1-3-6-12/h1-3,5-6,13-14H,4,7-11H2,(H,18,20)/t13-,14+/m1/s1. The molecule has 0 aliphatic carbocycles. The quantitative estimate of drug-likeness (QED) is 0.838. The van der Waals surface area contributed by atoms with Gasteiger partial charge < -0.3 is 14.8 Å². The van der Waals surface area contributed by atoms with Crippen molar-refractivity contribution in [2.24, 2.45) is 0 Å². The Kier molecular flexibility index (Phi) is 4.98. The lowest BCUT2D eigenvalue weighted by atomic mass is 10.2. The summed E-state index contributed by atoms with van der Waals surface area (Å²) < 4.78 is 10.1. The first-order valence-electron chi connectivity index (χ1n) is 8.09. The van der Waals surface area contributed by atoms with E-state index in [4.69, 9.17) is 9.47 Å². The van der Waals surface area contributed by atoms with E-state index in [2.05, 4.69) is 5.32 Å². The number of nitrogens with one attached hydrogen (secondary N) is 1. The zero-order valence-corrected chi connectivity index (χ0v) is 13.3. The fourth-order valence-corrected chi connectivity index (χ4v) is 2.95. The molecule has 2 saturated heterocycles. The fourth-order valence-electron chi connectivity index (χ4n) is 2.95. The van der Waals surface area contributed by atoms with Crippen LogP contribution in [0.5, 0.6) is 0 Å². The Hall–Kier alpha value is -2.57. The number of carbonyl (C=O) groups excluding carboxylic acids is 3. The minimum Gasteiger partial charge on any atom is -0.464 e. The highest BCUT2D eigenvalue weighted by molar-refractivity contribution is 5.90. The predicted molar refractivity (Wildman–Crippen MR) is 83.9 cm³/mol. The molecule has 24 heavy (non-hydrogen) atoms. The van der Waals surface area contributed by atoms with E-state index in [-0.39, 0.29) is 12.5 Å². The second-order valence-electron chi connectivity index (χ2n) is 5.91. The molecule has 1 N–H and O–H groups in total. The molecule has 0 saturated carbocycles. The minimum atomic E-state index is -0.611. The van der Waals surface area contributed by atoms with Gasteiger partial charge >= 0.3 is 12.1 Å². The van der Waals surface area contributed by atoms with E-state index in [1.165, 1.54) is 4.90 Å². The molecule has 128 valence electrons. The van der Waals surface area contributed by atoms with Crippen LogP contribution in [0.4, 0.5) is 4.79 Å². The molecule has 2 aliphatic rings. The molecule has 3 rings (SSSR count). The Morgan fingerprint density at radius 2 is 2.04 bits per heavy atom. The van der Waals surface area contributed by atoms with Crippen molar-refractivity contribution in [1.29, 1.82) is 0 Å². The molecule has 2 heterocycles. The topological polar surface area (TPSA) is 84.9 Å². The van der Waals surface area contributed by atoms with Gasteiger partial charge in [-0.25, -0.2) is 9.59 Å². The molecule has 0 bridgehead atoms. The SMILES string of the molecule is O=C1OCC[C@H]1NC(=O)[C@@H]1CCCN1C(=O)OCc1ccccc1. The molecule has 0 spiro atoms. The Balaban J connectivity index is 1.55. The summed E-state index contributed by atoms with van der Waals surface area (Å²) >= 11 is 0. The van der Waals surface area contributed by atoms with E-state index in [0.29, 0.717) is 26.0 Å². The van der Waals surface area contributed by atoms with E-state index in [0.717, 1.165) is 12.0 Å². The number of nitrogens with zero attached hydrogens (tertiary/aromatic N) is 1. The monoisotopic (exact) mass is 332 g/mol. The highest BCUT2D eigenvalue weighted by Gasteiger charge is 2.38. The number of likely N-dealkylation sites (tertiary alicyclic amines) is 1. The van der Waals surface area contributed by atoms with Gasteiger partial charge in [-0.15, -0.1) is 0 Å². The lowest BCUT2D eigenvalue weighted by Gasteiger charge is -2.24. The van der Waals surface area contributed by atoms with Gasteiger partial charge in [0.05, 0.1) is 6.61 Å². The predicted octanol–water partition coefficient (Wildman–Crippen LogP) is 1.22. The molecule has 2 atom stereocenters. The Morgan fingerprint density at radius 3 is 2.75 bits per heavy atom. The van der Waals surface area contributed by atoms with E-state index in [9.17, 15) is 14.4 Å². The molecule has 2 aliphatic heterocycles. The van der Waals surface area contributed by atoms with Crippen LogP contribution < -0.4 is 5.32 Å². The van der Waals surface area contributed by atoms with Crippen LogP contribution in [0.3, 0.4) is 0 Å². The van der Waals surface area contributed by atoms with Gasteiger partial charge in [0.15, 0.2) is 0 Å². The van der Waals surface area contributed by atoms with Crippen molar-refractivity contribution in [3.05, 3.63) is 35.9 Å². The Bertz CT molecular complexity index is 619. The number of amides is 2. The van der Waals surface area contributed by atoms with Gasteiger partial charge in [0.25, 0.3) is 0 Å². The number of cyclic esters (lactones) is 1. The van der Waals surface area contributed by atoms with E-state index in [1.54, 1.807) is 0 Å². The first-order chi connectivity index (χ1) is 11.6. The van der Waals surface area contributed by atoms with Crippen LogP contribution in [-0.2, 0) is 25.7 Å². The van der Waals surface area contributed by atoms with Crippen LogP contribution in [0.15, 0.2) is 30.3 Å². The number of hydrogen-bond acceptors (Lipinski definition) is 5. The third-order valence-corrected chi connectivity index (χ3v) is 4.25. The summed E-state index contributed by atoms with van der Waals surface area (Å²) in [5.74, 6) is -0.743. The molecule has 7 heteroatoms. The Morgan fingerprint density at radius 1 is 1.25 bits per heavy atom. The maximum atomic E-state index is 12.4. The second kappa shape index (κ2) is 7.33. The molecular formula is C17H20N2O5. The first kappa shape index (κ1) is 16.3. The number of esters is 1. The van der Waals surface area contributed by atoms with Gasteiger partial charge in [-0.3, -0.25) is 9.69 Å². The summed E-state index contributed by atoms with van der Waals surface area (Å²) in [5, 5.41) is 2.67. The van der Waals surface area contributed by atoms with Crippen molar-refractivity contribution in [1.82, 2.24) is 10.2 Å². The molecule has 7 nitrogen and oxygen atoms in total. The highest BCUT2D eigenvalue weighted by atomic mass is 16.6. The van der Waals surface area contributed by atoms with Crippen LogP contribution in [0.25, 0.3) is 0 Å². The van der Waals surface area contributed by atoms with Crippen molar-refractivity contribution in [3.8, 4) is 0 Å². The fraction of sp³-hybridized carbons (Fsp3) is 0.471. The highest BCUT2D eigenvalue weighted by Crippen LogP contribution is 2.20. The summed E-state index contributed by atoms with van der Waals surface area (Å²) in [6.07, 6.45) is 1.25. The van der Waals surface area contributed by atoms with Gasteiger partial charge in [0.2, 0.25) is 5.91 Å². The van der Waals surface area contributed by atoms with E-state index in [1.807, 2.05) is 30.3 Å². The average molecular weight is 332 g/mol. The molecule has 2 fully saturated rings. The summed E-state index contributed by atoms with van der Waals surface area (Å²) in [5.41, 5.74) is 0.889. The second-order valence-corrected chi connectivity index (χ2v) is 5.91. The van der Waals surface area contributed by atoms with Gasteiger partial charge in [-0.2, -0.15) is 0 Å². The average Bonchev–Trinajstić information content (AvgIpc) is 3.23. The molecule has 1 aromatic carbocycles. The van der Waals surface area contributed by atoms with E-state index >= 15 is 0 Å². The zero-order chi connectivity index (χ0) is 16.9. The minimum absolute atomic E-state index is 0.166. The summed E-state index contributed by atoms with van der Waals surface area (Å²) in [4.78, 5) is 37.5. The van der Waals surface area contributed by atoms with Crippen LogP contribution in [0.1, 0.15) is 24.8 Å². The van der Waals surface area contributed by atoms with Crippen LogP contribution in [-0.4, -0.2) is 48.1 Å². The largest absolute Gasteiger partial charge is 0.464 e. The smallest absolute Gasteiger partial charge is 0.410 e. The maximum absolute atomic E-state index is 12.4. The van der Waals surface area contributed by atoms with Gasteiger partial charge in [-0.05, 0) is 18.4 Å². The third kappa shape index (κ3) is 3.67. The third-order valence-electron chi connectivity index (χ3n) is 4.25. The lowest BCUT2D eigenvalue weighted by molar-refractivity contribution is -0.141. The van der Waals surface area contributed by atoms with Crippen molar-refractivity contribution in [3.63, 3.8) is 0 Å². The first-order valence-corrected chi connectivity index (χ1v) is 8.09. The summed E-state index contributed by atoms with van der Waals surface area (Å²) in [6.45, 7) is 0.956.